The number of hydrazine groups is 1. The number of halogens is 1. The third kappa shape index (κ3) is 4.48. The number of ether oxygens (including phenoxy) is 1. The average Bonchev–Trinajstić information content (AvgIpc) is 2.56. The molecule has 5 nitrogen and oxygen atoms in total. The maximum atomic E-state index is 12.2. The van der Waals surface area contributed by atoms with Gasteiger partial charge in [-0.25, -0.2) is 8.42 Å². The van der Waals surface area contributed by atoms with E-state index in [1.54, 1.807) is 25.3 Å². The minimum atomic E-state index is -3.69. The average molecular weight is 353 g/mol. The highest BCUT2D eigenvalue weighted by atomic mass is 35.5. The monoisotopic (exact) mass is 352 g/mol. The second kappa shape index (κ2) is 7.50. The van der Waals surface area contributed by atoms with Gasteiger partial charge in [-0.3, -0.25) is 0 Å². The maximum absolute atomic E-state index is 12.2. The molecule has 0 aliphatic heterocycles. The van der Waals surface area contributed by atoms with Crippen molar-refractivity contribution in [1.82, 2.24) is 10.3 Å². The summed E-state index contributed by atoms with van der Waals surface area (Å²) in [5.41, 5.74) is 4.18. The van der Waals surface area contributed by atoms with Gasteiger partial charge in [0.15, 0.2) is 0 Å². The number of rotatable bonds is 6. The van der Waals surface area contributed by atoms with Crippen LogP contribution in [0.4, 0.5) is 0 Å². The molecule has 2 aromatic carbocycles. The Morgan fingerprint density at radius 3 is 2.22 bits per heavy atom. The fourth-order valence-electron chi connectivity index (χ4n) is 1.88. The predicted octanol–water partition coefficient (Wildman–Crippen LogP) is 3.19. The van der Waals surface area contributed by atoms with Crippen LogP contribution in [0.25, 0.3) is 5.70 Å². The second-order valence-electron chi connectivity index (χ2n) is 4.62. The summed E-state index contributed by atoms with van der Waals surface area (Å²) in [6.07, 6.45) is 1.77. The lowest BCUT2D eigenvalue weighted by Gasteiger charge is -2.13. The van der Waals surface area contributed by atoms with E-state index in [0.29, 0.717) is 10.7 Å². The molecule has 0 bridgehead atoms. The van der Waals surface area contributed by atoms with Gasteiger partial charge in [-0.15, -0.1) is 4.83 Å². The highest BCUT2D eigenvalue weighted by Gasteiger charge is 2.14. The molecule has 2 N–H and O–H groups in total. The van der Waals surface area contributed by atoms with Gasteiger partial charge in [0.25, 0.3) is 10.0 Å². The van der Waals surface area contributed by atoms with Crippen molar-refractivity contribution in [3.63, 3.8) is 0 Å². The van der Waals surface area contributed by atoms with Crippen molar-refractivity contribution in [2.24, 2.45) is 0 Å². The van der Waals surface area contributed by atoms with Gasteiger partial charge < -0.3 is 10.2 Å². The molecule has 0 spiro atoms. The van der Waals surface area contributed by atoms with Gasteiger partial charge >= 0.3 is 0 Å². The van der Waals surface area contributed by atoms with Gasteiger partial charge in [0.2, 0.25) is 0 Å². The summed E-state index contributed by atoms with van der Waals surface area (Å²) in [5, 5.41) is 0.476. The third-order valence-corrected chi connectivity index (χ3v) is 4.65. The first-order valence-corrected chi connectivity index (χ1v) is 8.66. The summed E-state index contributed by atoms with van der Waals surface area (Å²) in [5.74, 6) is 0.728. The van der Waals surface area contributed by atoms with Gasteiger partial charge in [-0.1, -0.05) is 17.7 Å². The molecule has 0 unspecified atom stereocenters. The van der Waals surface area contributed by atoms with Crippen molar-refractivity contribution in [2.75, 3.05) is 7.11 Å². The normalized spacial score (nSPS) is 12.0. The molecule has 23 heavy (non-hydrogen) atoms. The molecule has 2 rings (SSSR count). The van der Waals surface area contributed by atoms with E-state index >= 15 is 0 Å². The molecule has 0 heterocycles. The van der Waals surface area contributed by atoms with E-state index in [9.17, 15) is 8.42 Å². The second-order valence-corrected chi connectivity index (χ2v) is 6.73. The van der Waals surface area contributed by atoms with Crippen molar-refractivity contribution in [1.29, 1.82) is 0 Å². The van der Waals surface area contributed by atoms with Crippen LogP contribution >= 0.6 is 11.6 Å². The van der Waals surface area contributed by atoms with Crippen LogP contribution in [-0.2, 0) is 10.0 Å². The van der Waals surface area contributed by atoms with Gasteiger partial charge in [0.05, 0.1) is 17.7 Å². The minimum Gasteiger partial charge on any atom is -0.497 e. The van der Waals surface area contributed by atoms with Crippen LogP contribution in [0.3, 0.4) is 0 Å². The molecule has 0 saturated carbocycles. The van der Waals surface area contributed by atoms with Crippen molar-refractivity contribution < 1.29 is 13.2 Å². The van der Waals surface area contributed by atoms with Gasteiger partial charge in [-0.2, -0.15) is 0 Å². The summed E-state index contributed by atoms with van der Waals surface area (Å²) < 4.78 is 29.6. The summed E-state index contributed by atoms with van der Waals surface area (Å²) in [7, 11) is -2.10. The first-order chi connectivity index (χ1) is 11.0. The van der Waals surface area contributed by atoms with Crippen LogP contribution < -0.4 is 15.0 Å². The third-order valence-electron chi connectivity index (χ3n) is 3.13. The highest BCUT2D eigenvalue weighted by Crippen LogP contribution is 2.17. The Labute approximate surface area is 141 Å². The largest absolute Gasteiger partial charge is 0.497 e. The van der Waals surface area contributed by atoms with Crippen LogP contribution in [0, 0.1) is 0 Å². The van der Waals surface area contributed by atoms with E-state index in [2.05, 4.69) is 10.3 Å². The first kappa shape index (κ1) is 17.3. The van der Waals surface area contributed by atoms with Crippen LogP contribution in [0.5, 0.6) is 5.75 Å². The number of benzene rings is 2. The number of hydrogen-bond acceptors (Lipinski definition) is 4. The van der Waals surface area contributed by atoms with E-state index in [4.69, 9.17) is 16.3 Å². The lowest BCUT2D eigenvalue weighted by Crippen LogP contribution is -2.36. The molecule has 0 aliphatic carbocycles. The fraction of sp³-hybridized carbons (Fsp3) is 0.125. The Morgan fingerprint density at radius 1 is 1.09 bits per heavy atom. The predicted molar refractivity (Wildman–Crippen MR) is 91.6 cm³/mol. The Hall–Kier alpha value is -2.02. The van der Waals surface area contributed by atoms with E-state index < -0.39 is 10.0 Å². The molecule has 0 saturated heterocycles. The molecule has 0 aromatic heterocycles. The Balaban J connectivity index is 2.12. The summed E-state index contributed by atoms with van der Waals surface area (Å²) in [6, 6.07) is 13.2. The summed E-state index contributed by atoms with van der Waals surface area (Å²) in [6.45, 7) is 1.81. The molecular formula is C16H17ClN2O3S. The van der Waals surface area contributed by atoms with Crippen molar-refractivity contribution in [2.45, 2.75) is 11.8 Å². The van der Waals surface area contributed by atoms with Crippen molar-refractivity contribution in [3.05, 3.63) is 65.2 Å². The van der Waals surface area contributed by atoms with E-state index in [1.165, 1.54) is 24.3 Å². The van der Waals surface area contributed by atoms with Crippen LogP contribution in [0.1, 0.15) is 12.5 Å². The van der Waals surface area contributed by atoms with Gasteiger partial charge in [0, 0.05) is 5.02 Å². The summed E-state index contributed by atoms with van der Waals surface area (Å²) in [4.78, 5) is 2.48. The zero-order chi connectivity index (χ0) is 16.9. The topological polar surface area (TPSA) is 67.4 Å². The molecule has 7 heteroatoms. The lowest BCUT2D eigenvalue weighted by molar-refractivity contribution is 0.415. The molecule has 0 radical (unpaired) electrons. The number of allylic oxidation sites excluding steroid dienone is 1. The number of methoxy groups -OCH3 is 1. The zero-order valence-electron chi connectivity index (χ0n) is 12.7. The molecule has 0 amide bonds. The van der Waals surface area contributed by atoms with Gasteiger partial charge in [-0.05, 0) is 61.0 Å². The van der Waals surface area contributed by atoms with Crippen LogP contribution in [-0.4, -0.2) is 15.5 Å². The fourth-order valence-corrected chi connectivity index (χ4v) is 2.86. The van der Waals surface area contributed by atoms with Crippen LogP contribution in [0.2, 0.25) is 5.02 Å². The SMILES string of the molecule is CC=C(NNS(=O)(=O)c1ccc(Cl)cc1)c1ccc(OC)cc1. The molecule has 122 valence electrons. The first-order valence-electron chi connectivity index (χ1n) is 6.80. The molecule has 0 atom stereocenters. The maximum Gasteiger partial charge on any atom is 0.257 e. The van der Waals surface area contributed by atoms with E-state index in [1.807, 2.05) is 19.1 Å². The number of sulfonamides is 1. The van der Waals surface area contributed by atoms with E-state index in [-0.39, 0.29) is 4.90 Å². The van der Waals surface area contributed by atoms with Crippen molar-refractivity contribution in [3.8, 4) is 5.75 Å². The number of nitrogens with one attached hydrogen (secondary N) is 2. The quantitative estimate of drug-likeness (QED) is 0.783. The standard InChI is InChI=1S/C16H17ClN2O3S/c1-3-16(12-4-8-14(22-2)9-5-12)18-19-23(20,21)15-10-6-13(17)7-11-15/h3-11,18-19H,1-2H3. The Kier molecular flexibility index (Phi) is 5.65. The van der Waals surface area contributed by atoms with Crippen molar-refractivity contribution >= 4 is 27.3 Å². The molecule has 0 fully saturated rings. The molecule has 2 aromatic rings. The number of hydrogen-bond donors (Lipinski definition) is 2. The smallest absolute Gasteiger partial charge is 0.257 e. The van der Waals surface area contributed by atoms with Gasteiger partial charge in [0.1, 0.15) is 5.75 Å². The molecular weight excluding hydrogens is 336 g/mol. The van der Waals surface area contributed by atoms with E-state index in [0.717, 1.165) is 11.3 Å². The molecule has 0 aliphatic rings. The lowest BCUT2D eigenvalue weighted by atomic mass is 10.1. The highest BCUT2D eigenvalue weighted by molar-refractivity contribution is 7.89. The minimum absolute atomic E-state index is 0.125. The Bertz CT molecular complexity index is 785. The van der Waals surface area contributed by atoms with Crippen LogP contribution in [0.15, 0.2) is 59.5 Å². The summed E-state index contributed by atoms with van der Waals surface area (Å²) >= 11 is 5.77. The zero-order valence-corrected chi connectivity index (χ0v) is 14.3. The Morgan fingerprint density at radius 2 is 1.70 bits per heavy atom.